The molecule has 26 heavy (non-hydrogen) atoms. The number of hydrogen-bond donors (Lipinski definition) is 2. The van der Waals surface area contributed by atoms with Crippen LogP contribution in [-0.2, 0) is 4.79 Å². The van der Waals surface area contributed by atoms with Crippen molar-refractivity contribution in [2.45, 2.75) is 0 Å². The Hall–Kier alpha value is -3.61. The third-order valence-corrected chi connectivity index (χ3v) is 3.51. The number of carbonyl (C=O) groups excluding carboxylic acids is 2. The summed E-state index contributed by atoms with van der Waals surface area (Å²) < 4.78 is 20.0. The quantitative estimate of drug-likeness (QED) is 0.692. The van der Waals surface area contributed by atoms with Crippen LogP contribution in [0.3, 0.4) is 0 Å². The molecular weight excluding hydrogens is 337 g/mol. The third-order valence-electron chi connectivity index (χ3n) is 3.51. The largest absolute Gasteiger partial charge is 0.484 e. The van der Waals surface area contributed by atoms with E-state index in [1.54, 1.807) is 22.8 Å². The molecule has 6 nitrogen and oxygen atoms in total. The monoisotopic (exact) mass is 353 g/mol. The smallest absolute Gasteiger partial charge is 0.276 e. The highest BCUT2D eigenvalue weighted by Crippen LogP contribution is 2.14. The Morgan fingerprint density at radius 2 is 1.73 bits per heavy atom. The minimum absolute atomic E-state index is 0.226. The van der Waals surface area contributed by atoms with E-state index in [1.165, 1.54) is 24.3 Å². The van der Waals surface area contributed by atoms with Gasteiger partial charge in [0.2, 0.25) is 0 Å². The standard InChI is InChI=1S/C19H16FN3O3/c20-14-6-5-7-15(12-14)26-13-18(24)21-22-19(25)16-8-1-2-9-17(16)23-10-3-4-11-23/h1-12H,13H2,(H,21,24)(H,22,25). The Bertz CT molecular complexity index is 910. The predicted octanol–water partition coefficient (Wildman–Crippen LogP) is 2.46. The number of hydrazine groups is 1. The maximum atomic E-state index is 13.0. The normalized spacial score (nSPS) is 10.2. The van der Waals surface area contributed by atoms with Crippen molar-refractivity contribution in [3.05, 3.63) is 84.4 Å². The van der Waals surface area contributed by atoms with E-state index in [0.29, 0.717) is 11.3 Å². The summed E-state index contributed by atoms with van der Waals surface area (Å²) in [4.78, 5) is 24.2. The molecule has 1 aromatic heterocycles. The van der Waals surface area contributed by atoms with Gasteiger partial charge in [-0.25, -0.2) is 4.39 Å². The van der Waals surface area contributed by atoms with E-state index < -0.39 is 17.6 Å². The number of nitrogens with zero attached hydrogens (tertiary/aromatic N) is 1. The zero-order valence-corrected chi connectivity index (χ0v) is 13.7. The fourth-order valence-electron chi connectivity index (χ4n) is 2.32. The first-order chi connectivity index (χ1) is 12.6. The van der Waals surface area contributed by atoms with Crippen LogP contribution in [0.5, 0.6) is 5.75 Å². The average molecular weight is 353 g/mol. The average Bonchev–Trinajstić information content (AvgIpc) is 3.19. The molecule has 0 aliphatic rings. The van der Waals surface area contributed by atoms with E-state index in [4.69, 9.17) is 4.74 Å². The lowest BCUT2D eigenvalue weighted by molar-refractivity contribution is -0.123. The van der Waals surface area contributed by atoms with Gasteiger partial charge in [-0.05, 0) is 36.4 Å². The maximum Gasteiger partial charge on any atom is 0.276 e. The number of amides is 2. The van der Waals surface area contributed by atoms with Crippen LogP contribution in [0.2, 0.25) is 0 Å². The Balaban J connectivity index is 1.57. The number of nitrogens with one attached hydrogen (secondary N) is 2. The van der Waals surface area contributed by atoms with Gasteiger partial charge in [0.05, 0.1) is 11.3 Å². The van der Waals surface area contributed by atoms with Crippen LogP contribution in [0.1, 0.15) is 10.4 Å². The number of carbonyl (C=O) groups is 2. The molecule has 0 spiro atoms. The molecule has 0 radical (unpaired) electrons. The second kappa shape index (κ2) is 7.98. The van der Waals surface area contributed by atoms with Crippen LogP contribution < -0.4 is 15.6 Å². The second-order valence-electron chi connectivity index (χ2n) is 5.36. The maximum absolute atomic E-state index is 13.0. The molecule has 7 heteroatoms. The van der Waals surface area contributed by atoms with Crippen LogP contribution in [0.4, 0.5) is 4.39 Å². The van der Waals surface area contributed by atoms with Crippen LogP contribution in [0, 0.1) is 5.82 Å². The van der Waals surface area contributed by atoms with E-state index in [9.17, 15) is 14.0 Å². The summed E-state index contributed by atoms with van der Waals surface area (Å²) in [7, 11) is 0. The minimum Gasteiger partial charge on any atom is -0.484 e. The lowest BCUT2D eigenvalue weighted by Crippen LogP contribution is -2.44. The van der Waals surface area contributed by atoms with Crippen molar-refractivity contribution < 1.29 is 18.7 Å². The number of benzene rings is 2. The summed E-state index contributed by atoms with van der Waals surface area (Å²) in [6.45, 7) is -0.358. The van der Waals surface area contributed by atoms with Crippen molar-refractivity contribution >= 4 is 11.8 Å². The van der Waals surface area contributed by atoms with Crippen LogP contribution >= 0.6 is 0 Å². The Kier molecular flexibility index (Phi) is 5.28. The molecule has 0 aliphatic carbocycles. The molecule has 0 bridgehead atoms. The number of rotatable bonds is 5. The van der Waals surface area contributed by atoms with Gasteiger partial charge in [-0.2, -0.15) is 0 Å². The van der Waals surface area contributed by atoms with Crippen molar-refractivity contribution in [1.82, 2.24) is 15.4 Å². The van der Waals surface area contributed by atoms with E-state index in [1.807, 2.05) is 30.6 Å². The summed E-state index contributed by atoms with van der Waals surface area (Å²) in [6.07, 6.45) is 3.63. The van der Waals surface area contributed by atoms with Gasteiger partial charge in [0, 0.05) is 18.5 Å². The molecule has 0 aliphatic heterocycles. The molecule has 3 aromatic rings. The number of hydrogen-bond acceptors (Lipinski definition) is 3. The molecule has 0 unspecified atom stereocenters. The van der Waals surface area contributed by atoms with E-state index in [2.05, 4.69) is 10.9 Å². The first-order valence-electron chi connectivity index (χ1n) is 7.83. The van der Waals surface area contributed by atoms with Gasteiger partial charge in [0.1, 0.15) is 11.6 Å². The van der Waals surface area contributed by atoms with Crippen LogP contribution in [0.25, 0.3) is 5.69 Å². The van der Waals surface area contributed by atoms with E-state index in [0.717, 1.165) is 0 Å². The highest BCUT2D eigenvalue weighted by Gasteiger charge is 2.13. The van der Waals surface area contributed by atoms with Crippen molar-refractivity contribution in [2.24, 2.45) is 0 Å². The van der Waals surface area contributed by atoms with Crippen molar-refractivity contribution in [1.29, 1.82) is 0 Å². The third kappa shape index (κ3) is 4.27. The Labute approximate surface area is 149 Å². The molecule has 0 atom stereocenters. The van der Waals surface area contributed by atoms with Gasteiger partial charge in [0.15, 0.2) is 6.61 Å². The summed E-state index contributed by atoms with van der Waals surface area (Å²) in [5.74, 6) is -1.27. The molecule has 0 fully saturated rings. The fourth-order valence-corrected chi connectivity index (χ4v) is 2.32. The molecule has 0 saturated heterocycles. The zero-order valence-electron chi connectivity index (χ0n) is 13.7. The number of aromatic nitrogens is 1. The lowest BCUT2D eigenvalue weighted by Gasteiger charge is -2.12. The summed E-state index contributed by atoms with van der Waals surface area (Å²) in [5.41, 5.74) is 5.69. The minimum atomic E-state index is -0.568. The topological polar surface area (TPSA) is 72.4 Å². The van der Waals surface area contributed by atoms with Gasteiger partial charge in [-0.3, -0.25) is 20.4 Å². The van der Waals surface area contributed by atoms with Gasteiger partial charge in [-0.1, -0.05) is 18.2 Å². The second-order valence-corrected chi connectivity index (χ2v) is 5.36. The van der Waals surface area contributed by atoms with Gasteiger partial charge in [0.25, 0.3) is 11.8 Å². The predicted molar refractivity (Wildman–Crippen MR) is 93.3 cm³/mol. The Morgan fingerprint density at radius 3 is 2.50 bits per heavy atom. The molecular formula is C19H16FN3O3. The number of ether oxygens (including phenoxy) is 1. The van der Waals surface area contributed by atoms with Gasteiger partial charge >= 0.3 is 0 Å². The molecule has 2 aromatic carbocycles. The Morgan fingerprint density at radius 1 is 0.962 bits per heavy atom. The molecule has 3 rings (SSSR count). The first-order valence-corrected chi connectivity index (χ1v) is 7.83. The molecule has 1 heterocycles. The van der Waals surface area contributed by atoms with E-state index >= 15 is 0 Å². The summed E-state index contributed by atoms with van der Waals surface area (Å²) >= 11 is 0. The van der Waals surface area contributed by atoms with Gasteiger partial charge in [-0.15, -0.1) is 0 Å². The highest BCUT2D eigenvalue weighted by atomic mass is 19.1. The molecule has 132 valence electrons. The fraction of sp³-hybridized carbons (Fsp3) is 0.0526. The van der Waals surface area contributed by atoms with Crippen molar-refractivity contribution in [3.63, 3.8) is 0 Å². The first kappa shape index (κ1) is 17.2. The molecule has 2 amide bonds. The number of para-hydroxylation sites is 1. The van der Waals surface area contributed by atoms with Crippen LogP contribution in [0.15, 0.2) is 73.1 Å². The SMILES string of the molecule is O=C(COc1cccc(F)c1)NNC(=O)c1ccccc1-n1cccc1. The van der Waals surface area contributed by atoms with Crippen molar-refractivity contribution in [3.8, 4) is 11.4 Å². The van der Waals surface area contributed by atoms with Crippen molar-refractivity contribution in [2.75, 3.05) is 6.61 Å². The molecule has 0 saturated carbocycles. The number of halogens is 1. The highest BCUT2D eigenvalue weighted by molar-refractivity contribution is 5.98. The summed E-state index contributed by atoms with van der Waals surface area (Å²) in [6, 6.07) is 16.1. The van der Waals surface area contributed by atoms with Gasteiger partial charge < -0.3 is 9.30 Å². The zero-order chi connectivity index (χ0) is 18.4. The van der Waals surface area contributed by atoms with E-state index in [-0.39, 0.29) is 12.4 Å². The van der Waals surface area contributed by atoms with Crippen LogP contribution in [-0.4, -0.2) is 23.0 Å². The summed E-state index contributed by atoms with van der Waals surface area (Å²) in [5, 5.41) is 0. The lowest BCUT2D eigenvalue weighted by atomic mass is 10.1. The molecule has 2 N–H and O–H groups in total.